The molecule has 0 saturated carbocycles. The van der Waals surface area contributed by atoms with E-state index in [2.05, 4.69) is 0 Å². The van der Waals surface area contributed by atoms with Crippen LogP contribution in [-0.4, -0.2) is 30.5 Å². The molecule has 0 fully saturated rings. The Bertz CT molecular complexity index is 745. The summed E-state index contributed by atoms with van der Waals surface area (Å²) >= 11 is 0. The molecule has 0 radical (unpaired) electrons. The smallest absolute Gasteiger partial charge is 0.329 e. The second-order valence-electron chi connectivity index (χ2n) is 7.46. The number of fused-ring (bicyclic) bond motifs is 1. The van der Waals surface area contributed by atoms with E-state index in [4.69, 9.17) is 5.73 Å². The van der Waals surface area contributed by atoms with E-state index < -0.39 is 11.2 Å². The molecule has 1 heterocycles. The Hall–Kier alpha value is -1.79. The number of aliphatic hydroxyl groups is 2. The lowest BCUT2D eigenvalue weighted by atomic mass is 10.1. The molecular weight excluding hydrogens is 294 g/mol. The van der Waals surface area contributed by atoms with Crippen LogP contribution >= 0.6 is 0 Å². The number of benzene rings is 1. The maximum Gasteiger partial charge on any atom is 0.329 e. The molecule has 2 aromatic rings. The molecule has 0 bridgehead atoms. The number of hydrogen-bond donors (Lipinski definition) is 3. The second kappa shape index (κ2) is 6.02. The van der Waals surface area contributed by atoms with E-state index >= 15 is 0 Å². The number of nitrogen functional groups attached to an aromatic ring is 1. The molecule has 0 aliphatic heterocycles. The maximum atomic E-state index is 12.8. The monoisotopic (exact) mass is 321 g/mol. The van der Waals surface area contributed by atoms with E-state index in [-0.39, 0.29) is 5.69 Å². The number of aromatic nitrogens is 2. The van der Waals surface area contributed by atoms with Gasteiger partial charge in [0.1, 0.15) is 0 Å². The first kappa shape index (κ1) is 17.6. The van der Waals surface area contributed by atoms with Gasteiger partial charge < -0.3 is 15.9 Å². The zero-order valence-corrected chi connectivity index (χ0v) is 14.3. The fourth-order valence-corrected chi connectivity index (χ4v) is 2.54. The van der Waals surface area contributed by atoms with Gasteiger partial charge in [-0.05, 0) is 58.7 Å². The predicted molar refractivity (Wildman–Crippen MR) is 92.4 cm³/mol. The van der Waals surface area contributed by atoms with Crippen LogP contribution in [0.3, 0.4) is 0 Å². The average Bonchev–Trinajstić information content (AvgIpc) is 2.63. The summed E-state index contributed by atoms with van der Waals surface area (Å²) in [4.78, 5) is 12.8. The third-order valence-corrected chi connectivity index (χ3v) is 3.94. The van der Waals surface area contributed by atoms with Gasteiger partial charge in [-0.25, -0.2) is 4.79 Å². The van der Waals surface area contributed by atoms with Gasteiger partial charge in [-0.3, -0.25) is 9.13 Å². The molecule has 0 spiro atoms. The van der Waals surface area contributed by atoms with Gasteiger partial charge in [-0.15, -0.1) is 0 Å². The van der Waals surface area contributed by atoms with Crippen LogP contribution in [0.4, 0.5) is 5.69 Å². The molecule has 1 aromatic carbocycles. The van der Waals surface area contributed by atoms with Crippen molar-refractivity contribution in [3.63, 3.8) is 0 Å². The number of anilines is 1. The minimum absolute atomic E-state index is 0.140. The zero-order chi connectivity index (χ0) is 17.4. The number of aryl methyl sites for hydroxylation is 2. The molecule has 6 heteroatoms. The van der Waals surface area contributed by atoms with Crippen molar-refractivity contribution in [3.05, 3.63) is 28.7 Å². The highest BCUT2D eigenvalue weighted by atomic mass is 16.3. The van der Waals surface area contributed by atoms with Crippen LogP contribution in [0.15, 0.2) is 23.0 Å². The molecule has 2 rings (SSSR count). The lowest BCUT2D eigenvalue weighted by Crippen LogP contribution is -2.30. The summed E-state index contributed by atoms with van der Waals surface area (Å²) in [5.41, 5.74) is 6.19. The second-order valence-corrected chi connectivity index (χ2v) is 7.46. The zero-order valence-electron chi connectivity index (χ0n) is 14.3. The Morgan fingerprint density at radius 1 is 0.957 bits per heavy atom. The number of nitrogens with zero attached hydrogens (tertiary/aromatic N) is 2. The molecule has 0 amide bonds. The topological polar surface area (TPSA) is 93.4 Å². The predicted octanol–water partition coefficient (Wildman–Crippen LogP) is 1.71. The fourth-order valence-electron chi connectivity index (χ4n) is 2.54. The Labute approximate surface area is 136 Å². The highest BCUT2D eigenvalue weighted by molar-refractivity contribution is 5.79. The Morgan fingerprint density at radius 2 is 1.43 bits per heavy atom. The number of hydrogen-bond acceptors (Lipinski definition) is 4. The molecule has 0 saturated heterocycles. The van der Waals surface area contributed by atoms with E-state index in [0.29, 0.717) is 31.6 Å². The van der Waals surface area contributed by atoms with Crippen LogP contribution in [-0.2, 0) is 13.1 Å². The van der Waals surface area contributed by atoms with Crippen molar-refractivity contribution in [1.29, 1.82) is 0 Å². The average molecular weight is 321 g/mol. The number of imidazole rings is 1. The van der Waals surface area contributed by atoms with Crippen molar-refractivity contribution in [2.24, 2.45) is 0 Å². The molecule has 23 heavy (non-hydrogen) atoms. The highest BCUT2D eigenvalue weighted by Crippen LogP contribution is 2.20. The summed E-state index contributed by atoms with van der Waals surface area (Å²) in [6.45, 7) is 7.74. The summed E-state index contributed by atoms with van der Waals surface area (Å²) in [6.07, 6.45) is 0.939. The van der Waals surface area contributed by atoms with Crippen molar-refractivity contribution in [2.45, 2.75) is 64.8 Å². The van der Waals surface area contributed by atoms with E-state index in [9.17, 15) is 15.0 Å². The largest absolute Gasteiger partial charge is 0.399 e. The highest BCUT2D eigenvalue weighted by Gasteiger charge is 2.19. The van der Waals surface area contributed by atoms with E-state index in [1.54, 1.807) is 49.0 Å². The van der Waals surface area contributed by atoms with E-state index in [0.717, 1.165) is 11.0 Å². The fraction of sp³-hybridized carbons (Fsp3) is 0.588. The van der Waals surface area contributed by atoms with Crippen LogP contribution < -0.4 is 11.4 Å². The SMILES string of the molecule is CC(C)(O)CCn1c(=O)n(CCC(C)(C)O)c2cc(N)ccc21. The van der Waals surface area contributed by atoms with Gasteiger partial charge in [-0.1, -0.05) is 0 Å². The van der Waals surface area contributed by atoms with Crippen LogP contribution in [0.2, 0.25) is 0 Å². The number of rotatable bonds is 6. The molecule has 1 aromatic heterocycles. The first-order chi connectivity index (χ1) is 10.5. The van der Waals surface area contributed by atoms with Gasteiger partial charge >= 0.3 is 5.69 Å². The standard InChI is InChI=1S/C17H27N3O3/c1-16(2,22)7-9-19-13-6-5-12(18)11-14(13)20(15(19)21)10-8-17(3,4)23/h5-6,11,22-23H,7-10,18H2,1-4H3. The number of nitrogens with two attached hydrogens (primary N) is 1. The van der Waals surface area contributed by atoms with Crippen molar-refractivity contribution in [2.75, 3.05) is 5.73 Å². The van der Waals surface area contributed by atoms with Crippen molar-refractivity contribution in [3.8, 4) is 0 Å². The summed E-state index contributed by atoms with van der Waals surface area (Å²) in [5, 5.41) is 19.9. The van der Waals surface area contributed by atoms with Gasteiger partial charge in [0, 0.05) is 18.8 Å². The quantitative estimate of drug-likeness (QED) is 0.706. The van der Waals surface area contributed by atoms with Gasteiger partial charge in [-0.2, -0.15) is 0 Å². The lowest BCUT2D eigenvalue weighted by molar-refractivity contribution is 0.0653. The molecular formula is C17H27N3O3. The van der Waals surface area contributed by atoms with Gasteiger partial charge in [0.05, 0.1) is 22.2 Å². The van der Waals surface area contributed by atoms with Crippen molar-refractivity contribution >= 4 is 16.7 Å². The molecule has 0 unspecified atom stereocenters. The Morgan fingerprint density at radius 3 is 1.91 bits per heavy atom. The normalized spacial score (nSPS) is 13.0. The minimum Gasteiger partial charge on any atom is -0.399 e. The van der Waals surface area contributed by atoms with Gasteiger partial charge in [0.15, 0.2) is 0 Å². The molecule has 0 aliphatic rings. The van der Waals surface area contributed by atoms with Crippen molar-refractivity contribution < 1.29 is 10.2 Å². The third kappa shape index (κ3) is 4.36. The Balaban J connectivity index is 2.47. The van der Waals surface area contributed by atoms with Gasteiger partial charge in [0.25, 0.3) is 0 Å². The molecule has 128 valence electrons. The minimum atomic E-state index is -0.846. The van der Waals surface area contributed by atoms with Crippen LogP contribution in [0, 0.1) is 0 Å². The molecule has 0 atom stereocenters. The lowest BCUT2D eigenvalue weighted by Gasteiger charge is -2.17. The molecule has 4 N–H and O–H groups in total. The van der Waals surface area contributed by atoms with Crippen LogP contribution in [0.25, 0.3) is 11.0 Å². The summed E-state index contributed by atoms with van der Waals surface area (Å²) < 4.78 is 3.31. The third-order valence-electron chi connectivity index (χ3n) is 3.94. The molecule has 6 nitrogen and oxygen atoms in total. The first-order valence-electron chi connectivity index (χ1n) is 7.91. The summed E-state index contributed by atoms with van der Waals surface area (Å²) in [5.74, 6) is 0. The van der Waals surface area contributed by atoms with Gasteiger partial charge in [0.2, 0.25) is 0 Å². The first-order valence-corrected chi connectivity index (χ1v) is 7.91. The summed E-state index contributed by atoms with van der Waals surface area (Å²) in [7, 11) is 0. The Kier molecular flexibility index (Phi) is 4.59. The van der Waals surface area contributed by atoms with E-state index in [1.165, 1.54) is 0 Å². The van der Waals surface area contributed by atoms with Crippen LogP contribution in [0.5, 0.6) is 0 Å². The maximum absolute atomic E-state index is 12.8. The van der Waals surface area contributed by atoms with Crippen LogP contribution in [0.1, 0.15) is 40.5 Å². The van der Waals surface area contributed by atoms with Crippen molar-refractivity contribution in [1.82, 2.24) is 9.13 Å². The molecule has 0 aliphatic carbocycles. The van der Waals surface area contributed by atoms with E-state index in [1.807, 2.05) is 6.07 Å². The summed E-state index contributed by atoms with van der Waals surface area (Å²) in [6, 6.07) is 5.38.